The minimum atomic E-state index is -1.85. The summed E-state index contributed by atoms with van der Waals surface area (Å²) >= 11 is 0. The van der Waals surface area contributed by atoms with E-state index in [2.05, 4.69) is 0 Å². The molecule has 12 nitrogen and oxygen atoms in total. The van der Waals surface area contributed by atoms with E-state index >= 15 is 0 Å². The van der Waals surface area contributed by atoms with Crippen LogP contribution in [0.1, 0.15) is 34.3 Å². The molecule has 0 amide bonds. The van der Waals surface area contributed by atoms with E-state index in [0.29, 0.717) is 22.9 Å². The Kier molecular flexibility index (Phi) is 9.55. The topological polar surface area (TPSA) is 212 Å². The molecule has 1 aliphatic carbocycles. The van der Waals surface area contributed by atoms with Crippen LogP contribution >= 0.6 is 21.6 Å². The van der Waals surface area contributed by atoms with Crippen molar-refractivity contribution in [1.29, 1.82) is 0 Å². The van der Waals surface area contributed by atoms with Gasteiger partial charge < -0.3 is 55.7 Å². The Bertz CT molecular complexity index is 1410. The van der Waals surface area contributed by atoms with E-state index in [1.54, 1.807) is 19.1 Å². The third-order valence-corrected chi connectivity index (χ3v) is 11.4. The highest BCUT2D eigenvalue weighted by Crippen LogP contribution is 2.47. The molecule has 2 aromatic rings. The molecule has 1 fully saturated rings. The number of aliphatic hydroxyl groups is 6. The lowest BCUT2D eigenvalue weighted by molar-refractivity contribution is -0.304. The van der Waals surface area contributed by atoms with E-state index in [4.69, 9.17) is 19.9 Å². The van der Waals surface area contributed by atoms with Crippen molar-refractivity contribution in [2.45, 2.75) is 74.0 Å². The quantitative estimate of drug-likeness (QED) is 0.170. The van der Waals surface area contributed by atoms with Crippen molar-refractivity contribution in [3.63, 3.8) is 0 Å². The second-order valence-electron chi connectivity index (χ2n) is 11.2. The Morgan fingerprint density at radius 3 is 2.58 bits per heavy atom. The summed E-state index contributed by atoms with van der Waals surface area (Å²) in [5.41, 5.74) is 5.04. The van der Waals surface area contributed by atoms with Gasteiger partial charge in [-0.2, -0.15) is 0 Å². The number of carbonyl (C=O) groups is 1. The van der Waals surface area contributed by atoms with Gasteiger partial charge in [0.15, 0.2) is 5.78 Å². The van der Waals surface area contributed by atoms with Gasteiger partial charge in [0.1, 0.15) is 47.3 Å². The van der Waals surface area contributed by atoms with Crippen LogP contribution < -0.4 is 15.2 Å². The molecule has 2 heterocycles. The zero-order valence-corrected chi connectivity index (χ0v) is 25.3. The minimum absolute atomic E-state index is 0.00115. The summed E-state index contributed by atoms with van der Waals surface area (Å²) in [5, 5.41) is 76.4. The maximum absolute atomic E-state index is 13.6. The lowest BCUT2D eigenvalue weighted by Gasteiger charge is -2.49. The molecule has 5 rings (SSSR count). The molecule has 14 heteroatoms. The van der Waals surface area contributed by atoms with Crippen molar-refractivity contribution in [3.8, 4) is 17.2 Å². The summed E-state index contributed by atoms with van der Waals surface area (Å²) in [6.07, 6.45) is -5.21. The van der Waals surface area contributed by atoms with Crippen molar-refractivity contribution in [2.24, 2.45) is 11.7 Å². The minimum Gasteiger partial charge on any atom is -0.506 e. The van der Waals surface area contributed by atoms with Crippen molar-refractivity contribution < 1.29 is 54.8 Å². The van der Waals surface area contributed by atoms with Crippen molar-refractivity contribution >= 4 is 38.1 Å². The van der Waals surface area contributed by atoms with Gasteiger partial charge in [-0.15, -0.1) is 0 Å². The summed E-state index contributed by atoms with van der Waals surface area (Å²) < 4.78 is 17.6. The number of hydrogen-bond donors (Lipinski definition) is 8. The first-order valence-corrected chi connectivity index (χ1v) is 16.3. The molecule has 3 aliphatic rings. The van der Waals surface area contributed by atoms with Gasteiger partial charge >= 0.3 is 0 Å². The molecule has 4 bridgehead atoms. The van der Waals surface area contributed by atoms with Crippen LogP contribution in [0.2, 0.25) is 0 Å². The van der Waals surface area contributed by atoms with Gasteiger partial charge in [0.25, 0.3) is 0 Å². The number of ether oxygens (including phenoxy) is 3. The maximum Gasteiger partial charge on any atom is 0.229 e. The molecule has 0 spiro atoms. The molecule has 2 aromatic carbocycles. The summed E-state index contributed by atoms with van der Waals surface area (Å²) in [4.78, 5) is 13.6. The van der Waals surface area contributed by atoms with Gasteiger partial charge in [-0.1, -0.05) is 33.7 Å². The fourth-order valence-corrected chi connectivity index (χ4v) is 8.95. The number of rotatable bonds is 3. The van der Waals surface area contributed by atoms with E-state index in [1.165, 1.54) is 40.8 Å². The van der Waals surface area contributed by atoms with Crippen LogP contribution in [-0.4, -0.2) is 109 Å². The number of phenols is 1. The first-order chi connectivity index (χ1) is 20.4. The highest BCUT2D eigenvalue weighted by atomic mass is 33.1. The lowest BCUT2D eigenvalue weighted by atomic mass is 9.72. The standard InChI is InChI=1S/C29H37NO11S2/c1-12-5-16-17(10-32)19(39-2)8-20-22(16)23(34)21(12)18(33)7-15(9-31)43-42-11-13-6-14(30)3-4-29(13,38)27-25(36)24(35)26(37)28(40-20)41-27/h3-5,8,13-15,24-28,31-32,34-38H,6-7,9-11,30H2,1-2H3. The van der Waals surface area contributed by atoms with Crippen LogP contribution in [0.4, 0.5) is 0 Å². The summed E-state index contributed by atoms with van der Waals surface area (Å²) in [6.45, 7) is 0.825. The number of fused-ring (bicyclic) bond motifs is 5. The van der Waals surface area contributed by atoms with Crippen LogP contribution in [0.25, 0.3) is 10.8 Å². The van der Waals surface area contributed by atoms with Crippen LogP contribution in [-0.2, 0) is 11.3 Å². The highest BCUT2D eigenvalue weighted by Gasteiger charge is 2.56. The predicted molar refractivity (Wildman–Crippen MR) is 160 cm³/mol. The summed E-state index contributed by atoms with van der Waals surface area (Å²) in [5.74, 6) is -1.13. The largest absolute Gasteiger partial charge is 0.506 e. The number of aromatic hydroxyl groups is 1. The van der Waals surface area contributed by atoms with Crippen LogP contribution in [0, 0.1) is 12.8 Å². The normalized spacial score (nSPS) is 35.0. The molecule has 1 saturated heterocycles. The Hall–Kier alpha value is -2.11. The molecule has 0 saturated carbocycles. The highest BCUT2D eigenvalue weighted by molar-refractivity contribution is 8.76. The lowest BCUT2D eigenvalue weighted by Crippen LogP contribution is -2.67. The summed E-state index contributed by atoms with van der Waals surface area (Å²) in [7, 11) is 3.92. The van der Waals surface area contributed by atoms with E-state index < -0.39 is 71.7 Å². The van der Waals surface area contributed by atoms with E-state index in [1.807, 2.05) is 0 Å². The molecule has 2 aliphatic heterocycles. The Balaban J connectivity index is 1.72. The molecule has 236 valence electrons. The second-order valence-corrected chi connectivity index (χ2v) is 13.9. The van der Waals surface area contributed by atoms with Gasteiger partial charge in [-0.05, 0) is 30.4 Å². The van der Waals surface area contributed by atoms with Gasteiger partial charge in [-0.3, -0.25) is 4.79 Å². The molecular weight excluding hydrogens is 602 g/mol. The average molecular weight is 640 g/mol. The summed E-state index contributed by atoms with van der Waals surface area (Å²) in [6, 6.07) is 2.55. The number of aliphatic hydroxyl groups excluding tert-OH is 5. The maximum atomic E-state index is 13.6. The van der Waals surface area contributed by atoms with E-state index in [-0.39, 0.29) is 41.2 Å². The average Bonchev–Trinajstić information content (AvgIpc) is 2.97. The van der Waals surface area contributed by atoms with Crippen LogP contribution in [0.5, 0.6) is 17.2 Å². The Labute approximate surface area is 255 Å². The van der Waals surface area contributed by atoms with Crippen LogP contribution in [0.3, 0.4) is 0 Å². The van der Waals surface area contributed by atoms with Crippen molar-refractivity contribution in [2.75, 3.05) is 19.5 Å². The van der Waals surface area contributed by atoms with E-state index in [0.717, 1.165) is 0 Å². The van der Waals surface area contributed by atoms with Crippen LogP contribution in [0.15, 0.2) is 24.3 Å². The molecule has 43 heavy (non-hydrogen) atoms. The SMILES string of the molecule is COc1cc2c3c(O)c(c(C)cc3c1CO)C(=O)CC(CO)SSCC1CC(N)C=CC1(O)C1OC(O2)C(O)C(O)C1O. The fraction of sp³-hybridized carbons (Fsp3) is 0.552. The van der Waals surface area contributed by atoms with Crippen molar-refractivity contribution in [1.82, 2.24) is 0 Å². The van der Waals surface area contributed by atoms with E-state index in [9.17, 15) is 40.5 Å². The number of Topliss-reactive ketones (excluding diaryl/α,β-unsaturated/α-hetero) is 1. The Morgan fingerprint density at radius 1 is 1.16 bits per heavy atom. The Morgan fingerprint density at radius 2 is 1.91 bits per heavy atom. The molecule has 0 radical (unpaired) electrons. The first-order valence-electron chi connectivity index (χ1n) is 13.9. The number of benzene rings is 2. The number of methoxy groups -OCH3 is 1. The van der Waals surface area contributed by atoms with Gasteiger partial charge in [0, 0.05) is 41.0 Å². The first kappa shape index (κ1) is 32.3. The number of phenolic OH excluding ortho intramolecular Hbond substituents is 1. The molecule has 9 N–H and O–H groups in total. The zero-order chi connectivity index (χ0) is 31.2. The fourth-order valence-electron chi connectivity index (χ4n) is 6.14. The third kappa shape index (κ3) is 5.74. The number of nitrogens with two attached hydrogens (primary N) is 1. The number of aryl methyl sites for hydroxylation is 1. The number of hydrogen-bond acceptors (Lipinski definition) is 14. The molecule has 0 aromatic heterocycles. The molecule has 9 atom stereocenters. The monoisotopic (exact) mass is 639 g/mol. The third-order valence-electron chi connectivity index (χ3n) is 8.47. The smallest absolute Gasteiger partial charge is 0.229 e. The second kappa shape index (κ2) is 12.7. The van der Waals surface area contributed by atoms with Gasteiger partial charge in [0.2, 0.25) is 6.29 Å². The predicted octanol–water partition coefficient (Wildman–Crippen LogP) is 0.504. The zero-order valence-electron chi connectivity index (χ0n) is 23.6. The number of ketones is 1. The van der Waals surface area contributed by atoms with Crippen molar-refractivity contribution in [3.05, 3.63) is 41.0 Å². The van der Waals surface area contributed by atoms with Gasteiger partial charge in [0.05, 0.1) is 31.3 Å². The molecular formula is C29H37NO11S2. The van der Waals surface area contributed by atoms with Gasteiger partial charge in [-0.25, -0.2) is 0 Å². The number of carbonyl (C=O) groups excluding carboxylic acids is 1. The molecule has 9 unspecified atom stereocenters.